The minimum absolute atomic E-state index is 0.125. The molecule has 512 valence electrons. The highest BCUT2D eigenvalue weighted by Crippen LogP contribution is 2.45. The quantitative estimate of drug-likeness (QED) is 0.146. The third kappa shape index (κ3) is 14.9. The molecule has 0 spiro atoms. The highest BCUT2D eigenvalue weighted by molar-refractivity contribution is 6.31. The third-order valence-corrected chi connectivity index (χ3v) is 18.8. The van der Waals surface area contributed by atoms with Crippen molar-refractivity contribution in [1.29, 1.82) is 0 Å². The molecule has 2 N–H and O–H groups in total. The summed E-state index contributed by atoms with van der Waals surface area (Å²) >= 11 is 0. The average molecular weight is 1330 g/mol. The van der Waals surface area contributed by atoms with E-state index in [4.69, 9.17) is 33.2 Å². The first-order chi connectivity index (χ1) is 47.1. The van der Waals surface area contributed by atoms with Gasteiger partial charge in [-0.05, 0) is 101 Å². The van der Waals surface area contributed by atoms with E-state index in [9.17, 15) is 28.8 Å². The van der Waals surface area contributed by atoms with Crippen LogP contribution in [-0.2, 0) is 71.1 Å². The van der Waals surface area contributed by atoms with Crippen LogP contribution >= 0.6 is 0 Å². The van der Waals surface area contributed by atoms with E-state index in [0.717, 1.165) is 66.8 Å². The lowest BCUT2D eigenvalue weighted by Crippen LogP contribution is -2.26. The van der Waals surface area contributed by atoms with Crippen LogP contribution in [0.15, 0.2) is 133 Å². The summed E-state index contributed by atoms with van der Waals surface area (Å²) in [5.74, 6) is -0.181. The lowest BCUT2D eigenvalue weighted by molar-refractivity contribution is -0.118. The number of hydrogen-bond donors (Lipinski definition) is 2. The first-order valence-corrected chi connectivity index (χ1v) is 34.2. The zero-order chi connectivity index (χ0) is 70.3. The molecule has 10 bridgehead atoms. The van der Waals surface area contributed by atoms with Crippen LogP contribution < -0.4 is 29.6 Å². The highest BCUT2D eigenvalue weighted by atomic mass is 16.6. The molecule has 2 amide bonds. The van der Waals surface area contributed by atoms with E-state index in [1.54, 1.807) is 84.9 Å². The van der Waals surface area contributed by atoms with Gasteiger partial charge in [-0.2, -0.15) is 0 Å². The Hall–Kier alpha value is -9.54. The summed E-state index contributed by atoms with van der Waals surface area (Å²) in [6.07, 6.45) is 1.07. The van der Waals surface area contributed by atoms with Crippen molar-refractivity contribution in [2.24, 2.45) is 0 Å². The van der Waals surface area contributed by atoms with Crippen molar-refractivity contribution in [3.8, 4) is 23.0 Å². The number of amides is 2. The summed E-state index contributed by atoms with van der Waals surface area (Å²) in [4.78, 5) is 85.8. The number of rotatable bonds is 8. The van der Waals surface area contributed by atoms with E-state index >= 15 is 0 Å². The Morgan fingerprint density at radius 3 is 0.899 bits per heavy atom. The zero-order valence-electron chi connectivity index (χ0n) is 58.9. The Morgan fingerprint density at radius 1 is 0.343 bits per heavy atom. The highest BCUT2D eigenvalue weighted by Gasteiger charge is 2.36. The summed E-state index contributed by atoms with van der Waals surface area (Å²) in [6.45, 7) is 27.4. The van der Waals surface area contributed by atoms with Gasteiger partial charge in [0.05, 0.1) is 62.1 Å². The molecular formula is C84H88N2O13. The maximum absolute atomic E-state index is 14.8. The molecule has 0 saturated heterocycles. The second-order valence-electron chi connectivity index (χ2n) is 30.3. The molecule has 0 radical (unpaired) electrons. The van der Waals surface area contributed by atoms with E-state index in [0.29, 0.717) is 60.6 Å². The standard InChI is InChI=1S/C84H88N2O13/c1-81(2,3)57-39-49-35-53-43-59(83(7,8)9)45-55(79(53)98-47-69(87)85-67-25-17-23-65-71(67)75(91)63-21-15-13-19-61(63)73(65)89)37-51-41-58(82(4,5)6)42-52-38-56-46-60(84(10,11)12)44-54(36-50(40-57)77(49)96-33-31-94-29-27-93-28-30-95-32-34-97-78(51)52)80(56)99-48-70(88)86-68-26-18-24-66-72(68)76(92)64-22-16-14-20-62(64)74(66)90/h13-26,39-46H,27-38,47-48H2,1-12H3,(H,85,87)(H,86,88). The maximum atomic E-state index is 14.8. The molecule has 0 unspecified atom stereocenters. The second kappa shape index (κ2) is 28.0. The average Bonchev–Trinajstić information content (AvgIpc) is 0.681. The summed E-state index contributed by atoms with van der Waals surface area (Å²) in [6, 6.07) is 40.8. The molecule has 15 heteroatoms. The summed E-state index contributed by atoms with van der Waals surface area (Å²) in [7, 11) is 0. The Labute approximate surface area is 580 Å². The Morgan fingerprint density at radius 2 is 0.606 bits per heavy atom. The van der Waals surface area contributed by atoms with E-state index in [2.05, 4.69) is 142 Å². The number of ether oxygens (including phenoxy) is 7. The van der Waals surface area contributed by atoms with E-state index in [-0.39, 0.29) is 120 Å². The topological polar surface area (TPSA) is 191 Å². The number of hydrogen-bond acceptors (Lipinski definition) is 13. The first-order valence-electron chi connectivity index (χ1n) is 34.2. The second-order valence-corrected chi connectivity index (χ2v) is 30.3. The minimum Gasteiger partial charge on any atom is -0.491 e. The molecule has 8 aromatic rings. The van der Waals surface area contributed by atoms with Crippen LogP contribution in [0.25, 0.3) is 0 Å². The molecule has 0 saturated carbocycles. The third-order valence-electron chi connectivity index (χ3n) is 18.8. The molecule has 1 aliphatic heterocycles. The predicted octanol–water partition coefficient (Wildman–Crippen LogP) is 15.0. The van der Waals surface area contributed by atoms with Crippen LogP contribution in [-0.4, -0.2) is 101 Å². The van der Waals surface area contributed by atoms with Gasteiger partial charge in [0.1, 0.15) is 36.2 Å². The van der Waals surface area contributed by atoms with Crippen LogP contribution in [0.3, 0.4) is 0 Å². The predicted molar refractivity (Wildman–Crippen MR) is 383 cm³/mol. The number of carbonyl (C=O) groups is 6. The summed E-state index contributed by atoms with van der Waals surface area (Å²) < 4.78 is 46.7. The van der Waals surface area contributed by atoms with Crippen molar-refractivity contribution in [3.05, 3.63) is 245 Å². The number of carbonyl (C=O) groups excluding carboxylic acids is 6. The zero-order valence-corrected chi connectivity index (χ0v) is 58.9. The van der Waals surface area contributed by atoms with Gasteiger partial charge in [0.15, 0.2) is 36.3 Å². The molecule has 0 fully saturated rings. The summed E-state index contributed by atoms with van der Waals surface area (Å²) in [5, 5.41) is 5.96. The van der Waals surface area contributed by atoms with Gasteiger partial charge in [0.25, 0.3) is 11.8 Å². The SMILES string of the molecule is CC(C)(C)c1cc2c3c(c1)Cc1cc(C(C)(C)C)cc(c1OCC(=O)Nc1cccc4c1C(=O)c1ccccc1C4=O)Cc1cc(C(C)(C)C)cc(c1OCCOCCOCCOCCO3)Cc1cc(C(C)(C)C)cc(c1OCC(=O)Nc1cccc3c1C(=O)c1ccccc1C3=O)C2. The monoisotopic (exact) mass is 1330 g/mol. The number of anilines is 2. The smallest absolute Gasteiger partial charge is 0.262 e. The van der Waals surface area contributed by atoms with Gasteiger partial charge in [0, 0.05) is 59.1 Å². The molecule has 8 aromatic carbocycles. The van der Waals surface area contributed by atoms with Crippen molar-refractivity contribution in [1.82, 2.24) is 0 Å². The van der Waals surface area contributed by atoms with Gasteiger partial charge < -0.3 is 43.8 Å². The van der Waals surface area contributed by atoms with Crippen molar-refractivity contribution < 1.29 is 61.9 Å². The normalized spacial score (nSPS) is 15.3. The largest absolute Gasteiger partial charge is 0.491 e. The molecular weight excluding hydrogens is 1240 g/mol. The van der Waals surface area contributed by atoms with E-state index in [1.807, 2.05) is 0 Å². The minimum atomic E-state index is -0.537. The Bertz CT molecular complexity index is 4160. The molecule has 15 nitrogen and oxygen atoms in total. The van der Waals surface area contributed by atoms with Gasteiger partial charge >= 0.3 is 0 Å². The first kappa shape index (κ1) is 69.4. The number of nitrogens with one attached hydrogen (secondary N) is 2. The molecule has 99 heavy (non-hydrogen) atoms. The van der Waals surface area contributed by atoms with Crippen molar-refractivity contribution in [2.75, 3.05) is 76.7 Å². The van der Waals surface area contributed by atoms with Crippen LogP contribution in [0, 0.1) is 0 Å². The lowest BCUT2D eigenvalue weighted by atomic mass is 9.79. The fourth-order valence-electron chi connectivity index (χ4n) is 13.5. The van der Waals surface area contributed by atoms with Gasteiger partial charge in [0.2, 0.25) is 0 Å². The number of ketones is 4. The Kier molecular flexibility index (Phi) is 19.6. The van der Waals surface area contributed by atoms with Crippen LogP contribution in [0.4, 0.5) is 11.4 Å². The van der Waals surface area contributed by atoms with Gasteiger partial charge in [-0.25, -0.2) is 0 Å². The summed E-state index contributed by atoms with van der Waals surface area (Å²) in [5.41, 5.74) is 11.3. The van der Waals surface area contributed by atoms with E-state index in [1.165, 1.54) is 0 Å². The van der Waals surface area contributed by atoms with Gasteiger partial charge in [-0.1, -0.05) is 204 Å². The molecule has 12 rings (SSSR count). The maximum Gasteiger partial charge on any atom is 0.262 e. The Balaban J connectivity index is 1.05. The molecule has 1 heterocycles. The van der Waals surface area contributed by atoms with Crippen molar-refractivity contribution in [2.45, 2.75) is 130 Å². The number of benzene rings is 8. The van der Waals surface area contributed by atoms with Gasteiger partial charge in [-0.3, -0.25) is 28.8 Å². The van der Waals surface area contributed by atoms with Gasteiger partial charge in [-0.15, -0.1) is 0 Å². The fraction of sp³-hybridized carbons (Fsp3) is 0.357. The number of fused-ring (bicyclic) bond motifs is 6. The van der Waals surface area contributed by atoms with Crippen molar-refractivity contribution >= 4 is 46.3 Å². The molecule has 4 aliphatic rings. The fourth-order valence-corrected chi connectivity index (χ4v) is 13.5. The molecule has 0 aromatic heterocycles. The van der Waals surface area contributed by atoms with Crippen LogP contribution in [0.1, 0.15) is 214 Å². The molecule has 3 aliphatic carbocycles. The molecule has 0 atom stereocenters. The van der Waals surface area contributed by atoms with E-state index < -0.39 is 46.7 Å². The van der Waals surface area contributed by atoms with Crippen LogP contribution in [0.2, 0.25) is 0 Å². The van der Waals surface area contributed by atoms with Crippen LogP contribution in [0.5, 0.6) is 23.0 Å². The van der Waals surface area contributed by atoms with Crippen molar-refractivity contribution in [3.63, 3.8) is 0 Å². The lowest BCUT2D eigenvalue weighted by Gasteiger charge is -2.29.